The summed E-state index contributed by atoms with van der Waals surface area (Å²) < 4.78 is 0. The minimum absolute atomic E-state index is 0.0770. The van der Waals surface area contributed by atoms with Gasteiger partial charge in [-0.1, -0.05) is 30.7 Å². The van der Waals surface area contributed by atoms with Crippen LogP contribution in [0.5, 0.6) is 0 Å². The smallest absolute Gasteiger partial charge is 0.0697 e. The lowest BCUT2D eigenvalue weighted by molar-refractivity contribution is 0.0102. The second-order valence-electron chi connectivity index (χ2n) is 4.30. The van der Waals surface area contributed by atoms with Gasteiger partial charge in [0.15, 0.2) is 0 Å². The zero-order valence-electron chi connectivity index (χ0n) is 9.20. The van der Waals surface area contributed by atoms with Crippen molar-refractivity contribution in [2.24, 2.45) is 11.7 Å². The van der Waals surface area contributed by atoms with Crippen LogP contribution in [0.1, 0.15) is 19.4 Å². The van der Waals surface area contributed by atoms with E-state index < -0.39 is 5.60 Å². The van der Waals surface area contributed by atoms with Crippen molar-refractivity contribution < 1.29 is 5.11 Å². The van der Waals surface area contributed by atoms with E-state index in [-0.39, 0.29) is 5.92 Å². The molecule has 3 heteroatoms. The van der Waals surface area contributed by atoms with Gasteiger partial charge in [0, 0.05) is 11.4 Å². The second kappa shape index (κ2) is 4.97. The molecule has 0 radical (unpaired) electrons. The molecule has 0 spiro atoms. The summed E-state index contributed by atoms with van der Waals surface area (Å²) in [5.41, 5.74) is 5.87. The van der Waals surface area contributed by atoms with Crippen molar-refractivity contribution in [1.82, 2.24) is 0 Å². The molecule has 0 aliphatic rings. The fourth-order valence-corrected chi connectivity index (χ4v) is 1.57. The van der Waals surface area contributed by atoms with E-state index in [1.807, 2.05) is 38.1 Å². The van der Waals surface area contributed by atoms with Crippen molar-refractivity contribution in [3.05, 3.63) is 34.9 Å². The van der Waals surface area contributed by atoms with Gasteiger partial charge in [-0.15, -0.1) is 0 Å². The normalized spacial score (nSPS) is 17.1. The number of hydrogen-bond donors (Lipinski definition) is 2. The van der Waals surface area contributed by atoms with E-state index in [4.69, 9.17) is 17.3 Å². The van der Waals surface area contributed by atoms with E-state index in [2.05, 4.69) is 0 Å². The topological polar surface area (TPSA) is 46.2 Å². The molecule has 0 heterocycles. The van der Waals surface area contributed by atoms with Gasteiger partial charge in [-0.05, 0) is 37.1 Å². The van der Waals surface area contributed by atoms with Gasteiger partial charge < -0.3 is 10.8 Å². The van der Waals surface area contributed by atoms with Crippen molar-refractivity contribution in [2.75, 3.05) is 6.54 Å². The molecular weight excluding hydrogens is 210 g/mol. The predicted octanol–water partition coefficient (Wildman–Crippen LogP) is 2.23. The lowest BCUT2D eigenvalue weighted by Gasteiger charge is -2.29. The number of aliphatic hydroxyl groups is 1. The minimum Gasteiger partial charge on any atom is -0.390 e. The third-order valence-electron chi connectivity index (χ3n) is 2.89. The molecule has 0 bridgehead atoms. The number of hydrogen-bond acceptors (Lipinski definition) is 2. The zero-order valence-corrected chi connectivity index (χ0v) is 9.96. The summed E-state index contributed by atoms with van der Waals surface area (Å²) in [5.74, 6) is 0.0770. The largest absolute Gasteiger partial charge is 0.390 e. The van der Waals surface area contributed by atoms with Crippen molar-refractivity contribution in [3.63, 3.8) is 0 Å². The number of halogens is 1. The second-order valence-corrected chi connectivity index (χ2v) is 4.73. The highest BCUT2D eigenvalue weighted by Gasteiger charge is 2.27. The molecule has 2 atom stereocenters. The molecule has 1 aromatic rings. The molecule has 2 nitrogen and oxygen atoms in total. The van der Waals surface area contributed by atoms with Crippen LogP contribution in [0.15, 0.2) is 24.3 Å². The Morgan fingerprint density at radius 3 is 2.40 bits per heavy atom. The molecule has 3 N–H and O–H groups in total. The van der Waals surface area contributed by atoms with Crippen LogP contribution >= 0.6 is 11.6 Å². The summed E-state index contributed by atoms with van der Waals surface area (Å²) in [5, 5.41) is 10.9. The van der Waals surface area contributed by atoms with Crippen LogP contribution in [0.3, 0.4) is 0 Å². The van der Waals surface area contributed by atoms with Gasteiger partial charge in [0.25, 0.3) is 0 Å². The molecule has 1 rings (SSSR count). The van der Waals surface area contributed by atoms with E-state index in [9.17, 15) is 5.11 Å². The van der Waals surface area contributed by atoms with Gasteiger partial charge in [-0.25, -0.2) is 0 Å². The summed E-state index contributed by atoms with van der Waals surface area (Å²) in [7, 11) is 0. The summed E-state index contributed by atoms with van der Waals surface area (Å²) in [6, 6.07) is 7.53. The summed E-state index contributed by atoms with van der Waals surface area (Å²) in [6.45, 7) is 4.26. The molecule has 84 valence electrons. The van der Waals surface area contributed by atoms with Crippen LogP contribution in [-0.4, -0.2) is 17.3 Å². The van der Waals surface area contributed by atoms with Gasteiger partial charge in [0.1, 0.15) is 0 Å². The molecule has 1 aromatic carbocycles. The molecule has 0 amide bonds. The highest BCUT2D eigenvalue weighted by atomic mass is 35.5. The first-order valence-electron chi connectivity index (χ1n) is 5.12. The zero-order chi connectivity index (χ0) is 11.5. The van der Waals surface area contributed by atoms with E-state index >= 15 is 0 Å². The summed E-state index contributed by atoms with van der Waals surface area (Å²) in [4.78, 5) is 0. The Hall–Kier alpha value is -0.570. The van der Waals surface area contributed by atoms with Crippen LogP contribution in [0.25, 0.3) is 0 Å². The van der Waals surface area contributed by atoms with Gasteiger partial charge in [0.05, 0.1) is 5.60 Å². The quantitative estimate of drug-likeness (QED) is 0.829. The van der Waals surface area contributed by atoms with E-state index in [0.29, 0.717) is 18.0 Å². The van der Waals surface area contributed by atoms with Crippen molar-refractivity contribution in [2.45, 2.75) is 25.9 Å². The van der Waals surface area contributed by atoms with Crippen LogP contribution in [0.2, 0.25) is 5.02 Å². The van der Waals surface area contributed by atoms with Crippen molar-refractivity contribution >= 4 is 11.6 Å². The summed E-state index contributed by atoms with van der Waals surface area (Å²) >= 11 is 5.79. The molecule has 0 fully saturated rings. The van der Waals surface area contributed by atoms with Crippen LogP contribution in [0.4, 0.5) is 0 Å². The van der Waals surface area contributed by atoms with Crippen molar-refractivity contribution in [1.29, 1.82) is 0 Å². The minimum atomic E-state index is -0.761. The maximum Gasteiger partial charge on any atom is 0.0697 e. The maximum absolute atomic E-state index is 10.2. The first kappa shape index (κ1) is 12.5. The Morgan fingerprint density at radius 2 is 1.93 bits per heavy atom. The van der Waals surface area contributed by atoms with E-state index in [1.54, 1.807) is 0 Å². The molecule has 0 aliphatic carbocycles. The van der Waals surface area contributed by atoms with Gasteiger partial charge in [-0.3, -0.25) is 0 Å². The van der Waals surface area contributed by atoms with Crippen molar-refractivity contribution in [3.8, 4) is 0 Å². The Bertz CT molecular complexity index is 308. The SMILES string of the molecule is CC(CN)C(C)(O)Cc1ccc(Cl)cc1. The fourth-order valence-electron chi connectivity index (χ4n) is 1.44. The average Bonchev–Trinajstić information content (AvgIpc) is 2.20. The third-order valence-corrected chi connectivity index (χ3v) is 3.14. The third kappa shape index (κ3) is 3.49. The lowest BCUT2D eigenvalue weighted by atomic mass is 9.85. The Morgan fingerprint density at radius 1 is 1.40 bits per heavy atom. The highest BCUT2D eigenvalue weighted by molar-refractivity contribution is 6.30. The van der Waals surface area contributed by atoms with Gasteiger partial charge in [-0.2, -0.15) is 0 Å². The number of rotatable bonds is 4. The predicted molar refractivity (Wildman–Crippen MR) is 64.0 cm³/mol. The number of nitrogens with two attached hydrogens (primary N) is 1. The first-order chi connectivity index (χ1) is 6.95. The van der Waals surface area contributed by atoms with Gasteiger partial charge >= 0.3 is 0 Å². The Balaban J connectivity index is 2.72. The molecule has 0 aromatic heterocycles. The molecule has 15 heavy (non-hydrogen) atoms. The average molecular weight is 228 g/mol. The fraction of sp³-hybridized carbons (Fsp3) is 0.500. The Kier molecular flexibility index (Phi) is 4.14. The Labute approximate surface area is 96.1 Å². The van der Waals surface area contributed by atoms with Crippen LogP contribution in [-0.2, 0) is 6.42 Å². The molecule has 0 saturated carbocycles. The lowest BCUT2D eigenvalue weighted by Crippen LogP contribution is -2.39. The van der Waals surface area contributed by atoms with Crippen LogP contribution in [0, 0.1) is 5.92 Å². The standard InChI is InChI=1S/C12H18ClNO/c1-9(8-14)12(2,15)7-10-3-5-11(13)6-4-10/h3-6,9,15H,7-8,14H2,1-2H3. The number of benzene rings is 1. The first-order valence-corrected chi connectivity index (χ1v) is 5.50. The highest BCUT2D eigenvalue weighted by Crippen LogP contribution is 2.22. The molecule has 0 aliphatic heterocycles. The maximum atomic E-state index is 10.2. The monoisotopic (exact) mass is 227 g/mol. The van der Waals surface area contributed by atoms with E-state index in [1.165, 1.54) is 0 Å². The molecule has 2 unspecified atom stereocenters. The van der Waals surface area contributed by atoms with Gasteiger partial charge in [0.2, 0.25) is 0 Å². The molecular formula is C12H18ClNO. The van der Waals surface area contributed by atoms with E-state index in [0.717, 1.165) is 5.56 Å². The van der Waals surface area contributed by atoms with Crippen LogP contribution < -0.4 is 5.73 Å². The summed E-state index contributed by atoms with van der Waals surface area (Å²) in [6.07, 6.45) is 0.600. The molecule has 0 saturated heterocycles.